The van der Waals surface area contributed by atoms with E-state index in [0.717, 1.165) is 15.4 Å². The molecule has 0 aliphatic heterocycles. The first-order chi connectivity index (χ1) is 6.68. The lowest BCUT2D eigenvalue weighted by Gasteiger charge is -2.00. The lowest BCUT2D eigenvalue weighted by Crippen LogP contribution is -2.12. The Labute approximate surface area is 89.1 Å². The second kappa shape index (κ2) is 3.38. The van der Waals surface area contributed by atoms with E-state index in [-0.39, 0.29) is 5.69 Å². The second-order valence-electron chi connectivity index (χ2n) is 2.79. The predicted molar refractivity (Wildman–Crippen MR) is 56.8 cm³/mol. The first-order valence-electron chi connectivity index (χ1n) is 3.95. The minimum atomic E-state index is -0.518. The van der Waals surface area contributed by atoms with Gasteiger partial charge in [0.15, 0.2) is 0 Å². The smallest absolute Gasteiger partial charge is 0.267 e. The fraction of sp³-hybridized carbons (Fsp3) is 0. The van der Waals surface area contributed by atoms with Crippen LogP contribution in [-0.2, 0) is 0 Å². The summed E-state index contributed by atoms with van der Waals surface area (Å²) in [5.41, 5.74) is 6.12. The number of nitrogens with two attached hydrogens (primary N) is 1. The van der Waals surface area contributed by atoms with E-state index in [1.807, 2.05) is 0 Å². The number of amides is 1. The maximum atomic E-state index is 10.9. The van der Waals surface area contributed by atoms with Gasteiger partial charge in [0.25, 0.3) is 5.91 Å². The van der Waals surface area contributed by atoms with Crippen LogP contribution >= 0.6 is 15.9 Å². The number of hydrogen-bond acceptors (Lipinski definition) is 2. The molecule has 4 heteroatoms. The van der Waals surface area contributed by atoms with Crippen molar-refractivity contribution in [2.45, 2.75) is 0 Å². The molecule has 1 aromatic carbocycles. The minimum absolute atomic E-state index is 0.274. The third-order valence-corrected chi connectivity index (χ3v) is 2.52. The maximum absolute atomic E-state index is 10.9. The lowest BCUT2D eigenvalue weighted by atomic mass is 10.2. The number of nitrogens with zero attached hydrogens (tertiary/aromatic N) is 1. The Morgan fingerprint density at radius 1 is 1.43 bits per heavy atom. The molecule has 2 N–H and O–H groups in total. The van der Waals surface area contributed by atoms with Crippen LogP contribution in [0.1, 0.15) is 10.5 Å². The molecule has 69 valence electrons. The van der Waals surface area contributed by atoms with E-state index in [2.05, 4.69) is 27.0 Å². The van der Waals surface area contributed by atoms with Crippen LogP contribution in [-0.4, -0.2) is 10.9 Å². The Balaban J connectivity index is 2.73. The standard InChI is InChI=1S/C10H6BrN2O/c11-7-2-1-3-8-6(7)4-5-9(13-8)10(12)14/h1,3-5H,(H2,12,14). The first-order valence-corrected chi connectivity index (χ1v) is 4.74. The third-order valence-electron chi connectivity index (χ3n) is 1.86. The Kier molecular flexibility index (Phi) is 2.21. The summed E-state index contributed by atoms with van der Waals surface area (Å²) in [5, 5.41) is 0.914. The number of rotatable bonds is 1. The van der Waals surface area contributed by atoms with Crippen LogP contribution in [0.2, 0.25) is 0 Å². The molecule has 0 unspecified atom stereocenters. The van der Waals surface area contributed by atoms with Crippen molar-refractivity contribution in [3.8, 4) is 0 Å². The summed E-state index contributed by atoms with van der Waals surface area (Å²) >= 11 is 3.35. The van der Waals surface area contributed by atoms with Crippen molar-refractivity contribution in [2.24, 2.45) is 5.73 Å². The van der Waals surface area contributed by atoms with E-state index in [1.165, 1.54) is 0 Å². The monoisotopic (exact) mass is 249 g/mol. The summed E-state index contributed by atoms with van der Waals surface area (Å²) in [6, 6.07) is 9.90. The van der Waals surface area contributed by atoms with E-state index in [1.54, 1.807) is 24.3 Å². The summed E-state index contributed by atoms with van der Waals surface area (Å²) in [5.74, 6) is -0.518. The maximum Gasteiger partial charge on any atom is 0.267 e. The van der Waals surface area contributed by atoms with Crippen molar-refractivity contribution in [1.82, 2.24) is 4.98 Å². The summed E-state index contributed by atoms with van der Waals surface area (Å²) in [4.78, 5) is 15.0. The van der Waals surface area contributed by atoms with Crippen LogP contribution in [0.3, 0.4) is 0 Å². The molecule has 0 aliphatic rings. The van der Waals surface area contributed by atoms with E-state index < -0.39 is 5.91 Å². The SMILES string of the molecule is NC(=O)c1ccc2c(Br)[c]ccc2n1. The Bertz CT molecular complexity index is 510. The zero-order valence-corrected chi connectivity index (χ0v) is 8.71. The van der Waals surface area contributed by atoms with Gasteiger partial charge in [-0.15, -0.1) is 0 Å². The van der Waals surface area contributed by atoms with Gasteiger partial charge in [-0.25, -0.2) is 4.98 Å². The number of hydrogen-bond donors (Lipinski definition) is 1. The van der Waals surface area contributed by atoms with Gasteiger partial charge in [0.2, 0.25) is 0 Å². The number of pyridine rings is 1. The van der Waals surface area contributed by atoms with Crippen molar-refractivity contribution >= 4 is 32.7 Å². The number of primary amides is 1. The van der Waals surface area contributed by atoms with Crippen LogP contribution < -0.4 is 5.73 Å². The van der Waals surface area contributed by atoms with E-state index in [0.29, 0.717) is 0 Å². The van der Waals surface area contributed by atoms with Crippen LogP contribution in [0.15, 0.2) is 28.7 Å². The molecule has 1 radical (unpaired) electrons. The fourth-order valence-corrected chi connectivity index (χ4v) is 1.66. The molecular weight excluding hydrogens is 244 g/mol. The van der Waals surface area contributed by atoms with Gasteiger partial charge in [-0.05, 0) is 40.2 Å². The predicted octanol–water partition coefficient (Wildman–Crippen LogP) is 1.90. The van der Waals surface area contributed by atoms with Gasteiger partial charge in [-0.3, -0.25) is 4.79 Å². The molecule has 1 amide bonds. The number of fused-ring (bicyclic) bond motifs is 1. The molecule has 0 atom stereocenters. The molecule has 2 rings (SSSR count). The highest BCUT2D eigenvalue weighted by Crippen LogP contribution is 2.21. The van der Waals surface area contributed by atoms with Gasteiger partial charge in [-0.2, -0.15) is 0 Å². The normalized spacial score (nSPS) is 10.4. The number of aromatic nitrogens is 1. The number of halogens is 1. The second-order valence-corrected chi connectivity index (χ2v) is 3.58. The van der Waals surface area contributed by atoms with Crippen molar-refractivity contribution in [3.05, 3.63) is 40.5 Å². The van der Waals surface area contributed by atoms with E-state index in [4.69, 9.17) is 5.73 Å². The number of carbonyl (C=O) groups excluding carboxylic acids is 1. The van der Waals surface area contributed by atoms with Gasteiger partial charge < -0.3 is 5.73 Å². The fourth-order valence-electron chi connectivity index (χ4n) is 1.20. The van der Waals surface area contributed by atoms with Crippen molar-refractivity contribution in [2.75, 3.05) is 0 Å². The summed E-state index contributed by atoms with van der Waals surface area (Å²) in [7, 11) is 0. The first kappa shape index (κ1) is 9.15. The molecule has 0 spiro atoms. The number of benzene rings is 1. The third kappa shape index (κ3) is 1.48. The molecule has 1 heterocycles. The van der Waals surface area contributed by atoms with Gasteiger partial charge in [0.1, 0.15) is 5.69 Å². The Morgan fingerprint density at radius 3 is 2.93 bits per heavy atom. The average molecular weight is 250 g/mol. The topological polar surface area (TPSA) is 56.0 Å². The molecule has 1 aromatic heterocycles. The summed E-state index contributed by atoms with van der Waals surface area (Å²) < 4.78 is 0.832. The van der Waals surface area contributed by atoms with E-state index in [9.17, 15) is 4.79 Å². The van der Waals surface area contributed by atoms with Crippen LogP contribution in [0.25, 0.3) is 10.9 Å². The van der Waals surface area contributed by atoms with Gasteiger partial charge in [-0.1, -0.05) is 6.07 Å². The zero-order chi connectivity index (χ0) is 10.1. The molecular formula is C10H6BrN2O. The van der Waals surface area contributed by atoms with Crippen molar-refractivity contribution in [3.63, 3.8) is 0 Å². The highest BCUT2D eigenvalue weighted by molar-refractivity contribution is 9.10. The number of carbonyl (C=O) groups is 1. The van der Waals surface area contributed by atoms with Crippen molar-refractivity contribution < 1.29 is 4.79 Å². The molecule has 2 aromatic rings. The average Bonchev–Trinajstić information content (AvgIpc) is 2.17. The lowest BCUT2D eigenvalue weighted by molar-refractivity contribution is 0.0996. The van der Waals surface area contributed by atoms with Gasteiger partial charge in [0, 0.05) is 9.86 Å². The van der Waals surface area contributed by atoms with Gasteiger partial charge >= 0.3 is 0 Å². The molecule has 0 saturated carbocycles. The Morgan fingerprint density at radius 2 is 2.21 bits per heavy atom. The highest BCUT2D eigenvalue weighted by atomic mass is 79.9. The largest absolute Gasteiger partial charge is 0.364 e. The zero-order valence-electron chi connectivity index (χ0n) is 7.12. The van der Waals surface area contributed by atoms with E-state index >= 15 is 0 Å². The van der Waals surface area contributed by atoms with Crippen LogP contribution in [0.4, 0.5) is 0 Å². The summed E-state index contributed by atoms with van der Waals surface area (Å²) in [6.07, 6.45) is 0. The molecule has 3 nitrogen and oxygen atoms in total. The van der Waals surface area contributed by atoms with Crippen molar-refractivity contribution in [1.29, 1.82) is 0 Å². The van der Waals surface area contributed by atoms with Crippen LogP contribution in [0.5, 0.6) is 0 Å². The molecule has 0 bridgehead atoms. The highest BCUT2D eigenvalue weighted by Gasteiger charge is 2.04. The summed E-state index contributed by atoms with van der Waals surface area (Å²) in [6.45, 7) is 0. The quantitative estimate of drug-likeness (QED) is 0.840. The Hall–Kier alpha value is -1.42. The minimum Gasteiger partial charge on any atom is -0.364 e. The van der Waals surface area contributed by atoms with Crippen LogP contribution in [0, 0.1) is 6.07 Å². The van der Waals surface area contributed by atoms with Gasteiger partial charge in [0.05, 0.1) is 5.52 Å². The molecule has 0 aliphatic carbocycles. The molecule has 0 fully saturated rings. The molecule has 0 saturated heterocycles. The molecule has 14 heavy (non-hydrogen) atoms.